The highest BCUT2D eigenvalue weighted by atomic mass is 16.6. The average Bonchev–Trinajstić information content (AvgIpc) is 2.39. The van der Waals surface area contributed by atoms with Crippen LogP contribution >= 0.6 is 0 Å². The van der Waals surface area contributed by atoms with Crippen molar-refractivity contribution in [2.45, 2.75) is 20.0 Å². The number of fused-ring (bicyclic) bond motifs is 1. The van der Waals surface area contributed by atoms with Crippen LogP contribution in [0.4, 0.5) is 0 Å². The van der Waals surface area contributed by atoms with Gasteiger partial charge in [0.2, 0.25) is 5.88 Å². The lowest BCUT2D eigenvalue weighted by atomic mass is 10.2. The third-order valence-electron chi connectivity index (χ3n) is 2.49. The Morgan fingerprint density at radius 2 is 2.06 bits per heavy atom. The van der Waals surface area contributed by atoms with Gasteiger partial charge in [-0.15, -0.1) is 0 Å². The van der Waals surface area contributed by atoms with Gasteiger partial charge in [0.25, 0.3) is 0 Å². The van der Waals surface area contributed by atoms with Gasteiger partial charge in [-0.3, -0.25) is 0 Å². The van der Waals surface area contributed by atoms with E-state index in [1.807, 2.05) is 30.3 Å². The summed E-state index contributed by atoms with van der Waals surface area (Å²) in [6.07, 6.45) is -0.654. The molecule has 1 aromatic heterocycles. The molecule has 1 heterocycles. The van der Waals surface area contributed by atoms with Crippen LogP contribution in [-0.4, -0.2) is 23.7 Å². The Hall–Kier alpha value is -2.10. The topological polar surface area (TPSA) is 48.4 Å². The zero-order valence-corrected chi connectivity index (χ0v) is 10.4. The third-order valence-corrected chi connectivity index (χ3v) is 2.49. The second kappa shape index (κ2) is 5.49. The summed E-state index contributed by atoms with van der Waals surface area (Å²) in [7, 11) is 0. The predicted octanol–water partition coefficient (Wildman–Crippen LogP) is 2.57. The number of carbonyl (C=O) groups excluding carboxylic acids is 1. The molecule has 0 fully saturated rings. The molecule has 0 aliphatic heterocycles. The van der Waals surface area contributed by atoms with Gasteiger partial charge < -0.3 is 9.47 Å². The van der Waals surface area contributed by atoms with Crippen molar-refractivity contribution in [1.29, 1.82) is 0 Å². The van der Waals surface area contributed by atoms with Crippen molar-refractivity contribution >= 4 is 16.9 Å². The van der Waals surface area contributed by atoms with Crippen molar-refractivity contribution in [2.75, 3.05) is 6.61 Å². The summed E-state index contributed by atoms with van der Waals surface area (Å²) >= 11 is 0. The lowest BCUT2D eigenvalue weighted by Crippen LogP contribution is -2.26. The minimum Gasteiger partial charge on any atom is -0.463 e. The molecule has 0 amide bonds. The van der Waals surface area contributed by atoms with Gasteiger partial charge >= 0.3 is 5.97 Å². The number of rotatable bonds is 4. The molecule has 0 saturated carbocycles. The van der Waals surface area contributed by atoms with Crippen LogP contribution in [0, 0.1) is 0 Å². The van der Waals surface area contributed by atoms with Gasteiger partial charge in [0.05, 0.1) is 12.1 Å². The number of carbonyl (C=O) groups is 1. The van der Waals surface area contributed by atoms with Gasteiger partial charge in [-0.25, -0.2) is 9.78 Å². The summed E-state index contributed by atoms with van der Waals surface area (Å²) in [6, 6.07) is 11.4. The zero-order chi connectivity index (χ0) is 13.0. The highest BCUT2D eigenvalue weighted by Gasteiger charge is 2.16. The van der Waals surface area contributed by atoms with Crippen LogP contribution in [0.25, 0.3) is 10.9 Å². The molecule has 1 atom stereocenters. The molecule has 0 spiro atoms. The Bertz CT molecular complexity index is 553. The van der Waals surface area contributed by atoms with E-state index < -0.39 is 6.10 Å². The van der Waals surface area contributed by atoms with E-state index in [9.17, 15) is 4.79 Å². The maximum absolute atomic E-state index is 11.4. The van der Waals surface area contributed by atoms with Crippen LogP contribution in [-0.2, 0) is 9.53 Å². The lowest BCUT2D eigenvalue weighted by Gasteiger charge is -2.12. The van der Waals surface area contributed by atoms with E-state index in [1.165, 1.54) is 0 Å². The first-order valence-electron chi connectivity index (χ1n) is 5.90. The Morgan fingerprint density at radius 1 is 1.28 bits per heavy atom. The van der Waals surface area contributed by atoms with E-state index in [0.717, 1.165) is 10.9 Å². The fourth-order valence-corrected chi connectivity index (χ4v) is 1.60. The Kier molecular flexibility index (Phi) is 3.77. The van der Waals surface area contributed by atoms with Gasteiger partial charge in [0.15, 0.2) is 6.10 Å². The number of hydrogen-bond donors (Lipinski definition) is 0. The van der Waals surface area contributed by atoms with E-state index in [4.69, 9.17) is 9.47 Å². The van der Waals surface area contributed by atoms with Crippen LogP contribution in [0.1, 0.15) is 13.8 Å². The molecule has 94 valence electrons. The summed E-state index contributed by atoms with van der Waals surface area (Å²) in [4.78, 5) is 15.8. The van der Waals surface area contributed by atoms with Gasteiger partial charge in [0.1, 0.15) is 0 Å². The van der Waals surface area contributed by atoms with Crippen LogP contribution < -0.4 is 4.74 Å². The number of para-hydroxylation sites is 1. The summed E-state index contributed by atoms with van der Waals surface area (Å²) in [5.41, 5.74) is 0.839. The number of nitrogens with zero attached hydrogens (tertiary/aromatic N) is 1. The first kappa shape index (κ1) is 12.4. The SMILES string of the molecule is CCOC(=O)C(C)Oc1ccc2ccccc2n1. The quantitative estimate of drug-likeness (QED) is 0.777. The molecule has 0 saturated heterocycles. The smallest absolute Gasteiger partial charge is 0.347 e. The van der Waals surface area contributed by atoms with Crippen molar-refractivity contribution in [1.82, 2.24) is 4.98 Å². The second-order valence-electron chi connectivity index (χ2n) is 3.85. The number of pyridine rings is 1. The monoisotopic (exact) mass is 245 g/mol. The molecule has 2 rings (SSSR count). The molecule has 18 heavy (non-hydrogen) atoms. The second-order valence-corrected chi connectivity index (χ2v) is 3.85. The highest BCUT2D eigenvalue weighted by Crippen LogP contribution is 2.17. The molecular formula is C14H15NO3. The summed E-state index contributed by atoms with van der Waals surface area (Å²) in [5.74, 6) is 0.0433. The highest BCUT2D eigenvalue weighted by molar-refractivity contribution is 5.79. The van der Waals surface area contributed by atoms with Crippen molar-refractivity contribution in [2.24, 2.45) is 0 Å². The molecule has 4 heteroatoms. The van der Waals surface area contributed by atoms with Crippen LogP contribution in [0.5, 0.6) is 5.88 Å². The van der Waals surface area contributed by atoms with E-state index in [0.29, 0.717) is 12.5 Å². The number of benzene rings is 1. The molecule has 2 aromatic rings. The fourth-order valence-electron chi connectivity index (χ4n) is 1.60. The summed E-state index contributed by atoms with van der Waals surface area (Å²) in [6.45, 7) is 3.76. The maximum atomic E-state index is 11.4. The Labute approximate surface area is 106 Å². The zero-order valence-electron chi connectivity index (χ0n) is 10.4. The van der Waals surface area contributed by atoms with Gasteiger partial charge in [-0.2, -0.15) is 0 Å². The van der Waals surface area contributed by atoms with Crippen molar-refractivity contribution in [3.8, 4) is 5.88 Å². The lowest BCUT2D eigenvalue weighted by molar-refractivity contribution is -0.150. The normalized spacial score (nSPS) is 12.1. The molecule has 0 radical (unpaired) electrons. The number of esters is 1. The van der Waals surface area contributed by atoms with E-state index in [2.05, 4.69) is 4.98 Å². The standard InChI is InChI=1S/C14H15NO3/c1-3-17-14(16)10(2)18-13-9-8-11-6-4-5-7-12(11)15-13/h4-10H,3H2,1-2H3. The first-order chi connectivity index (χ1) is 8.70. The summed E-state index contributed by atoms with van der Waals surface area (Å²) < 4.78 is 10.3. The van der Waals surface area contributed by atoms with E-state index >= 15 is 0 Å². The minimum absolute atomic E-state index is 0.345. The minimum atomic E-state index is -0.654. The van der Waals surface area contributed by atoms with Gasteiger partial charge in [-0.05, 0) is 26.0 Å². The van der Waals surface area contributed by atoms with Crippen molar-refractivity contribution in [3.05, 3.63) is 36.4 Å². The van der Waals surface area contributed by atoms with E-state index in [1.54, 1.807) is 19.9 Å². The molecule has 1 aromatic carbocycles. The molecular weight excluding hydrogens is 230 g/mol. The number of aromatic nitrogens is 1. The van der Waals surface area contributed by atoms with Crippen molar-refractivity contribution in [3.63, 3.8) is 0 Å². The van der Waals surface area contributed by atoms with Crippen LogP contribution in [0.3, 0.4) is 0 Å². The van der Waals surface area contributed by atoms with Crippen LogP contribution in [0.2, 0.25) is 0 Å². The fraction of sp³-hybridized carbons (Fsp3) is 0.286. The first-order valence-corrected chi connectivity index (χ1v) is 5.90. The molecule has 0 bridgehead atoms. The Balaban J connectivity index is 2.14. The third kappa shape index (κ3) is 2.77. The molecule has 0 aliphatic carbocycles. The average molecular weight is 245 g/mol. The Morgan fingerprint density at radius 3 is 2.83 bits per heavy atom. The molecule has 0 aliphatic rings. The molecule has 0 N–H and O–H groups in total. The molecule has 4 nitrogen and oxygen atoms in total. The number of ether oxygens (including phenoxy) is 2. The van der Waals surface area contributed by atoms with E-state index in [-0.39, 0.29) is 5.97 Å². The predicted molar refractivity (Wildman–Crippen MR) is 68.5 cm³/mol. The van der Waals surface area contributed by atoms with Crippen LogP contribution in [0.15, 0.2) is 36.4 Å². The summed E-state index contributed by atoms with van der Waals surface area (Å²) in [5, 5.41) is 1.04. The molecule has 1 unspecified atom stereocenters. The largest absolute Gasteiger partial charge is 0.463 e. The van der Waals surface area contributed by atoms with Gasteiger partial charge in [0, 0.05) is 11.5 Å². The van der Waals surface area contributed by atoms with Gasteiger partial charge in [-0.1, -0.05) is 18.2 Å². The van der Waals surface area contributed by atoms with Crippen molar-refractivity contribution < 1.29 is 14.3 Å². The number of hydrogen-bond acceptors (Lipinski definition) is 4. The maximum Gasteiger partial charge on any atom is 0.347 e.